The fraction of sp³-hybridized carbons (Fsp3) is 0.280. The first-order valence-electron chi connectivity index (χ1n) is 10.3. The Bertz CT molecular complexity index is 907. The van der Waals surface area contributed by atoms with Crippen LogP contribution in [0.25, 0.3) is 11.1 Å². The van der Waals surface area contributed by atoms with Crippen molar-refractivity contribution in [3.63, 3.8) is 0 Å². The lowest BCUT2D eigenvalue weighted by atomic mass is 10.1. The van der Waals surface area contributed by atoms with Crippen molar-refractivity contribution >= 4 is 5.91 Å². The number of nitrogens with one attached hydrogen (secondary N) is 2. The van der Waals surface area contributed by atoms with Gasteiger partial charge >= 0.3 is 0 Å². The average Bonchev–Trinajstić information content (AvgIpc) is 2.77. The smallest absolute Gasteiger partial charge is 0.226 e. The monoisotopic (exact) mass is 403 g/mol. The van der Waals surface area contributed by atoms with Gasteiger partial charge in [0.1, 0.15) is 12.4 Å². The van der Waals surface area contributed by atoms with Crippen LogP contribution in [-0.4, -0.2) is 30.1 Å². The van der Waals surface area contributed by atoms with Crippen LogP contribution in [0.1, 0.15) is 25.1 Å². The Morgan fingerprint density at radius 2 is 1.70 bits per heavy atom. The van der Waals surface area contributed by atoms with Crippen LogP contribution < -0.4 is 15.4 Å². The Morgan fingerprint density at radius 3 is 2.37 bits per heavy atom. The van der Waals surface area contributed by atoms with Gasteiger partial charge in [-0.2, -0.15) is 0 Å². The van der Waals surface area contributed by atoms with E-state index in [2.05, 4.69) is 29.5 Å². The van der Waals surface area contributed by atoms with Crippen molar-refractivity contribution in [3.05, 3.63) is 84.2 Å². The van der Waals surface area contributed by atoms with Crippen molar-refractivity contribution in [2.45, 2.75) is 32.9 Å². The van der Waals surface area contributed by atoms with E-state index < -0.39 is 0 Å². The van der Waals surface area contributed by atoms with E-state index in [-0.39, 0.29) is 12.3 Å². The minimum atomic E-state index is -0.0347. The zero-order valence-electron chi connectivity index (χ0n) is 17.6. The van der Waals surface area contributed by atoms with Crippen LogP contribution in [0.5, 0.6) is 5.75 Å². The molecule has 1 heterocycles. The van der Waals surface area contributed by atoms with E-state index in [0.717, 1.165) is 34.7 Å². The van der Waals surface area contributed by atoms with Crippen molar-refractivity contribution < 1.29 is 9.53 Å². The fourth-order valence-electron chi connectivity index (χ4n) is 2.98. The SMILES string of the molecule is CC(C)NCCOc1ccc(-c2ccc(CC(=O)NCc3ccccc3)nc2)cc1. The number of nitrogens with zero attached hydrogens (tertiary/aromatic N) is 1. The Morgan fingerprint density at radius 1 is 0.967 bits per heavy atom. The van der Waals surface area contributed by atoms with E-state index >= 15 is 0 Å². The molecule has 2 aromatic carbocycles. The quantitative estimate of drug-likeness (QED) is 0.503. The molecule has 0 saturated carbocycles. The summed E-state index contributed by atoms with van der Waals surface area (Å²) in [5.41, 5.74) is 3.91. The number of carbonyl (C=O) groups excluding carboxylic acids is 1. The van der Waals surface area contributed by atoms with Crippen LogP contribution in [0.15, 0.2) is 72.9 Å². The minimum Gasteiger partial charge on any atom is -0.492 e. The molecular formula is C25H29N3O2. The predicted octanol–water partition coefficient (Wildman–Crippen LogP) is 3.98. The van der Waals surface area contributed by atoms with Gasteiger partial charge in [0.05, 0.1) is 6.42 Å². The Hall–Kier alpha value is -3.18. The van der Waals surface area contributed by atoms with Gasteiger partial charge in [-0.05, 0) is 29.3 Å². The number of carbonyl (C=O) groups is 1. The second kappa shape index (κ2) is 11.1. The van der Waals surface area contributed by atoms with Gasteiger partial charge in [0.25, 0.3) is 0 Å². The van der Waals surface area contributed by atoms with Crippen LogP contribution in [0, 0.1) is 0 Å². The van der Waals surface area contributed by atoms with Gasteiger partial charge in [-0.1, -0.05) is 62.4 Å². The molecule has 0 bridgehead atoms. The molecule has 0 saturated heterocycles. The zero-order valence-corrected chi connectivity index (χ0v) is 17.6. The molecule has 5 nitrogen and oxygen atoms in total. The van der Waals surface area contributed by atoms with E-state index in [1.807, 2.05) is 72.9 Å². The van der Waals surface area contributed by atoms with Gasteiger partial charge in [-0.15, -0.1) is 0 Å². The number of hydrogen-bond acceptors (Lipinski definition) is 4. The molecule has 3 rings (SSSR count). The topological polar surface area (TPSA) is 63.2 Å². The van der Waals surface area contributed by atoms with E-state index in [1.165, 1.54) is 0 Å². The van der Waals surface area contributed by atoms with E-state index in [1.54, 1.807) is 0 Å². The number of aromatic nitrogens is 1. The summed E-state index contributed by atoms with van der Waals surface area (Å²) < 4.78 is 5.74. The predicted molar refractivity (Wildman–Crippen MR) is 120 cm³/mol. The van der Waals surface area contributed by atoms with Gasteiger partial charge in [0.15, 0.2) is 0 Å². The Labute approximate surface area is 178 Å². The summed E-state index contributed by atoms with van der Waals surface area (Å²) in [6, 6.07) is 22.2. The first-order chi connectivity index (χ1) is 14.6. The van der Waals surface area contributed by atoms with Crippen molar-refractivity contribution in [2.24, 2.45) is 0 Å². The van der Waals surface area contributed by atoms with Gasteiger partial charge < -0.3 is 15.4 Å². The van der Waals surface area contributed by atoms with Crippen LogP contribution >= 0.6 is 0 Å². The summed E-state index contributed by atoms with van der Waals surface area (Å²) in [6.07, 6.45) is 2.08. The van der Waals surface area contributed by atoms with Gasteiger partial charge in [-0.3, -0.25) is 9.78 Å². The number of ether oxygens (including phenoxy) is 1. The summed E-state index contributed by atoms with van der Waals surface area (Å²) >= 11 is 0. The van der Waals surface area contributed by atoms with Gasteiger partial charge in [0, 0.05) is 36.6 Å². The molecule has 0 spiro atoms. The first kappa shape index (κ1) is 21.5. The first-order valence-corrected chi connectivity index (χ1v) is 10.3. The maximum Gasteiger partial charge on any atom is 0.226 e. The van der Waals surface area contributed by atoms with Crippen molar-refractivity contribution in [1.29, 1.82) is 0 Å². The highest BCUT2D eigenvalue weighted by Gasteiger charge is 2.06. The molecule has 30 heavy (non-hydrogen) atoms. The lowest BCUT2D eigenvalue weighted by Gasteiger charge is -2.10. The molecular weight excluding hydrogens is 374 g/mol. The van der Waals surface area contributed by atoms with Crippen molar-refractivity contribution in [2.75, 3.05) is 13.2 Å². The maximum atomic E-state index is 12.2. The molecule has 0 fully saturated rings. The lowest BCUT2D eigenvalue weighted by Crippen LogP contribution is -2.27. The summed E-state index contributed by atoms with van der Waals surface area (Å²) in [5, 5.41) is 6.26. The van der Waals surface area contributed by atoms with Crippen LogP contribution in [0.2, 0.25) is 0 Å². The highest BCUT2D eigenvalue weighted by Crippen LogP contribution is 2.22. The number of hydrogen-bond donors (Lipinski definition) is 2. The number of pyridine rings is 1. The molecule has 1 amide bonds. The molecule has 0 atom stereocenters. The normalized spacial score (nSPS) is 10.8. The Kier molecular flexibility index (Phi) is 7.98. The van der Waals surface area contributed by atoms with E-state index in [9.17, 15) is 4.79 Å². The Balaban J connectivity index is 1.48. The molecule has 0 radical (unpaired) electrons. The fourth-order valence-corrected chi connectivity index (χ4v) is 2.98. The van der Waals surface area contributed by atoms with Gasteiger partial charge in [-0.25, -0.2) is 0 Å². The maximum absolute atomic E-state index is 12.2. The molecule has 156 valence electrons. The highest BCUT2D eigenvalue weighted by atomic mass is 16.5. The zero-order chi connectivity index (χ0) is 21.2. The lowest BCUT2D eigenvalue weighted by molar-refractivity contribution is -0.120. The standard InChI is InChI=1S/C25H29N3O2/c1-19(2)26-14-15-30-24-12-9-21(10-13-24)22-8-11-23(27-18-22)16-25(29)28-17-20-6-4-3-5-7-20/h3-13,18-19,26H,14-17H2,1-2H3,(H,28,29). The molecule has 0 aliphatic heterocycles. The van der Waals surface area contributed by atoms with Gasteiger partial charge in [0.2, 0.25) is 5.91 Å². The van der Waals surface area contributed by atoms with Crippen LogP contribution in [0.4, 0.5) is 0 Å². The summed E-state index contributed by atoms with van der Waals surface area (Å²) in [4.78, 5) is 16.6. The molecule has 2 N–H and O–H groups in total. The van der Waals surface area contributed by atoms with E-state index in [4.69, 9.17) is 4.74 Å². The second-order valence-corrected chi connectivity index (χ2v) is 7.46. The molecule has 3 aromatic rings. The third-order valence-corrected chi connectivity index (χ3v) is 4.61. The summed E-state index contributed by atoms with van der Waals surface area (Å²) in [7, 11) is 0. The molecule has 5 heteroatoms. The molecule has 0 aliphatic rings. The van der Waals surface area contributed by atoms with E-state index in [0.29, 0.717) is 19.2 Å². The van der Waals surface area contributed by atoms with Crippen molar-refractivity contribution in [3.8, 4) is 16.9 Å². The van der Waals surface area contributed by atoms with Crippen molar-refractivity contribution in [1.82, 2.24) is 15.6 Å². The summed E-state index contributed by atoms with van der Waals surface area (Å²) in [5.74, 6) is 0.816. The van der Waals surface area contributed by atoms with Crippen LogP contribution in [-0.2, 0) is 17.8 Å². The third kappa shape index (κ3) is 7.01. The second-order valence-electron chi connectivity index (χ2n) is 7.46. The molecule has 0 aliphatic carbocycles. The number of amides is 1. The molecule has 0 unspecified atom stereocenters. The average molecular weight is 404 g/mol. The minimum absolute atomic E-state index is 0.0347. The summed E-state index contributed by atoms with van der Waals surface area (Å²) in [6.45, 7) is 6.22. The number of benzene rings is 2. The highest BCUT2D eigenvalue weighted by molar-refractivity contribution is 5.78. The molecule has 1 aromatic heterocycles. The third-order valence-electron chi connectivity index (χ3n) is 4.61. The number of rotatable bonds is 10. The van der Waals surface area contributed by atoms with Crippen LogP contribution in [0.3, 0.4) is 0 Å². The largest absolute Gasteiger partial charge is 0.492 e.